The summed E-state index contributed by atoms with van der Waals surface area (Å²) in [5.41, 5.74) is 2.96. The van der Waals surface area contributed by atoms with E-state index in [0.29, 0.717) is 5.69 Å². The van der Waals surface area contributed by atoms with Crippen LogP contribution in [0.1, 0.15) is 27.7 Å². The van der Waals surface area contributed by atoms with Gasteiger partial charge in [0.25, 0.3) is 5.91 Å². The number of halogens is 1. The predicted molar refractivity (Wildman–Crippen MR) is 71.7 cm³/mol. The Bertz CT molecular complexity index is 567. The van der Waals surface area contributed by atoms with Crippen molar-refractivity contribution in [2.24, 2.45) is 0 Å². The average Bonchev–Trinajstić information content (AvgIpc) is 2.98. The number of fused-ring (bicyclic) bond motifs is 1. The molecule has 18 heavy (non-hydrogen) atoms. The minimum absolute atomic E-state index is 0.0111. The SMILES string of the molecule is O=C(NC1c2ccccc2CC1Br)c1ccn[nH]1. The van der Waals surface area contributed by atoms with Gasteiger partial charge >= 0.3 is 0 Å². The van der Waals surface area contributed by atoms with Crippen LogP contribution in [0, 0.1) is 0 Å². The maximum atomic E-state index is 12.0. The second-order valence-electron chi connectivity index (χ2n) is 4.34. The normalized spacial score (nSPS) is 21.6. The van der Waals surface area contributed by atoms with Gasteiger partial charge in [-0.1, -0.05) is 40.2 Å². The van der Waals surface area contributed by atoms with Crippen molar-refractivity contribution in [1.82, 2.24) is 15.5 Å². The zero-order chi connectivity index (χ0) is 12.5. The van der Waals surface area contributed by atoms with Gasteiger partial charge in [0.05, 0.1) is 6.04 Å². The van der Waals surface area contributed by atoms with Crippen LogP contribution in [-0.4, -0.2) is 20.9 Å². The Morgan fingerprint density at radius 3 is 3.00 bits per heavy atom. The van der Waals surface area contributed by atoms with Crippen LogP contribution in [0.4, 0.5) is 0 Å². The fourth-order valence-corrected chi connectivity index (χ4v) is 3.08. The summed E-state index contributed by atoms with van der Waals surface area (Å²) in [4.78, 5) is 12.3. The highest BCUT2D eigenvalue weighted by Gasteiger charge is 2.31. The number of rotatable bonds is 2. The molecule has 0 radical (unpaired) electrons. The van der Waals surface area contributed by atoms with E-state index in [9.17, 15) is 4.79 Å². The molecule has 1 amide bonds. The molecule has 0 aliphatic heterocycles. The van der Waals surface area contributed by atoms with Crippen molar-refractivity contribution in [2.45, 2.75) is 17.3 Å². The number of amides is 1. The van der Waals surface area contributed by atoms with Crippen LogP contribution in [0.2, 0.25) is 0 Å². The van der Waals surface area contributed by atoms with Crippen LogP contribution in [0.3, 0.4) is 0 Å². The molecule has 1 aliphatic carbocycles. The Morgan fingerprint density at radius 2 is 2.22 bits per heavy atom. The number of benzene rings is 1. The van der Waals surface area contributed by atoms with Crippen molar-refractivity contribution in [2.75, 3.05) is 0 Å². The summed E-state index contributed by atoms with van der Waals surface area (Å²) in [6.07, 6.45) is 2.51. The number of aromatic nitrogens is 2. The summed E-state index contributed by atoms with van der Waals surface area (Å²) < 4.78 is 0. The van der Waals surface area contributed by atoms with E-state index in [1.807, 2.05) is 12.1 Å². The Balaban J connectivity index is 1.83. The van der Waals surface area contributed by atoms with E-state index in [4.69, 9.17) is 0 Å². The molecule has 1 aromatic heterocycles. The maximum absolute atomic E-state index is 12.0. The molecule has 0 spiro atoms. The standard InChI is InChI=1S/C13H12BrN3O/c14-10-7-8-3-1-2-4-9(8)12(10)16-13(18)11-5-6-15-17-11/h1-6,10,12H,7H2,(H,15,17)(H,16,18). The molecular formula is C13H12BrN3O. The van der Waals surface area contributed by atoms with Crippen molar-refractivity contribution in [1.29, 1.82) is 0 Å². The first-order valence-electron chi connectivity index (χ1n) is 5.78. The molecule has 2 unspecified atom stereocenters. The average molecular weight is 306 g/mol. The van der Waals surface area contributed by atoms with Crippen molar-refractivity contribution >= 4 is 21.8 Å². The predicted octanol–water partition coefficient (Wildman–Crippen LogP) is 2.20. The van der Waals surface area contributed by atoms with E-state index in [1.54, 1.807) is 12.3 Å². The van der Waals surface area contributed by atoms with Crippen molar-refractivity contribution in [3.05, 3.63) is 53.3 Å². The van der Waals surface area contributed by atoms with Gasteiger partial charge in [0.2, 0.25) is 0 Å². The van der Waals surface area contributed by atoms with Crippen LogP contribution >= 0.6 is 15.9 Å². The van der Waals surface area contributed by atoms with Crippen LogP contribution < -0.4 is 5.32 Å². The highest BCUT2D eigenvalue weighted by Crippen LogP contribution is 2.35. The molecule has 2 aromatic rings. The van der Waals surface area contributed by atoms with Gasteiger partial charge in [-0.3, -0.25) is 9.89 Å². The Morgan fingerprint density at radius 1 is 1.39 bits per heavy atom. The smallest absolute Gasteiger partial charge is 0.269 e. The van der Waals surface area contributed by atoms with Gasteiger partial charge in [-0.2, -0.15) is 5.10 Å². The summed E-state index contributed by atoms with van der Waals surface area (Å²) in [6, 6.07) is 9.87. The third-order valence-electron chi connectivity index (χ3n) is 3.20. The monoisotopic (exact) mass is 305 g/mol. The number of hydrogen-bond acceptors (Lipinski definition) is 2. The first-order valence-corrected chi connectivity index (χ1v) is 6.69. The molecule has 3 rings (SSSR count). The van der Waals surface area contributed by atoms with Crippen LogP contribution in [0.5, 0.6) is 0 Å². The Kier molecular flexibility index (Phi) is 2.91. The highest BCUT2D eigenvalue weighted by atomic mass is 79.9. The lowest BCUT2D eigenvalue weighted by atomic mass is 10.1. The lowest BCUT2D eigenvalue weighted by Crippen LogP contribution is -2.31. The molecule has 5 heteroatoms. The molecular weight excluding hydrogens is 294 g/mol. The van der Waals surface area contributed by atoms with Gasteiger partial charge < -0.3 is 5.32 Å². The molecule has 0 bridgehead atoms. The van der Waals surface area contributed by atoms with Gasteiger partial charge in [0.1, 0.15) is 5.69 Å². The molecule has 2 atom stereocenters. The second-order valence-corrected chi connectivity index (χ2v) is 5.52. The fraction of sp³-hybridized carbons (Fsp3) is 0.231. The number of nitrogens with zero attached hydrogens (tertiary/aromatic N) is 1. The lowest BCUT2D eigenvalue weighted by molar-refractivity contribution is 0.0933. The van der Waals surface area contributed by atoms with Gasteiger partial charge in [0, 0.05) is 11.0 Å². The van der Waals surface area contributed by atoms with Crippen LogP contribution in [0.15, 0.2) is 36.5 Å². The van der Waals surface area contributed by atoms with Gasteiger partial charge in [-0.15, -0.1) is 0 Å². The molecule has 0 fully saturated rings. The van der Waals surface area contributed by atoms with E-state index in [1.165, 1.54) is 11.1 Å². The second kappa shape index (κ2) is 4.57. The summed E-state index contributed by atoms with van der Waals surface area (Å²) in [7, 11) is 0. The van der Waals surface area contributed by atoms with E-state index in [-0.39, 0.29) is 16.8 Å². The number of H-pyrrole nitrogens is 1. The molecule has 4 nitrogen and oxygen atoms in total. The van der Waals surface area contributed by atoms with E-state index in [2.05, 4.69) is 43.6 Å². The Hall–Kier alpha value is -1.62. The number of alkyl halides is 1. The highest BCUT2D eigenvalue weighted by molar-refractivity contribution is 9.09. The van der Waals surface area contributed by atoms with Gasteiger partial charge in [-0.25, -0.2) is 0 Å². The number of carbonyl (C=O) groups excluding carboxylic acids is 1. The minimum atomic E-state index is -0.126. The first-order chi connectivity index (χ1) is 8.75. The quantitative estimate of drug-likeness (QED) is 0.836. The zero-order valence-corrected chi connectivity index (χ0v) is 11.1. The maximum Gasteiger partial charge on any atom is 0.269 e. The molecule has 92 valence electrons. The molecule has 1 aromatic carbocycles. The van der Waals surface area contributed by atoms with Crippen LogP contribution in [-0.2, 0) is 6.42 Å². The Labute approximate surface area is 113 Å². The van der Waals surface area contributed by atoms with Crippen molar-refractivity contribution in [3.63, 3.8) is 0 Å². The number of aromatic amines is 1. The first kappa shape index (κ1) is 11.5. The van der Waals surface area contributed by atoms with E-state index in [0.717, 1.165) is 6.42 Å². The summed E-state index contributed by atoms with van der Waals surface area (Å²) in [5.74, 6) is -0.126. The summed E-state index contributed by atoms with van der Waals surface area (Å²) in [6.45, 7) is 0. The third-order valence-corrected chi connectivity index (χ3v) is 4.05. The van der Waals surface area contributed by atoms with Crippen LogP contribution in [0.25, 0.3) is 0 Å². The zero-order valence-electron chi connectivity index (χ0n) is 9.56. The van der Waals surface area contributed by atoms with Crippen molar-refractivity contribution in [3.8, 4) is 0 Å². The van der Waals surface area contributed by atoms with Gasteiger partial charge in [-0.05, 0) is 23.6 Å². The number of carbonyl (C=O) groups is 1. The largest absolute Gasteiger partial charge is 0.343 e. The molecule has 0 saturated carbocycles. The lowest BCUT2D eigenvalue weighted by Gasteiger charge is -2.17. The van der Waals surface area contributed by atoms with Crippen molar-refractivity contribution < 1.29 is 4.79 Å². The fourth-order valence-electron chi connectivity index (χ4n) is 2.32. The molecule has 1 heterocycles. The molecule has 0 saturated heterocycles. The third kappa shape index (κ3) is 1.95. The van der Waals surface area contributed by atoms with E-state index >= 15 is 0 Å². The number of hydrogen-bond donors (Lipinski definition) is 2. The summed E-state index contributed by atoms with van der Waals surface area (Å²) >= 11 is 3.64. The number of nitrogens with one attached hydrogen (secondary N) is 2. The minimum Gasteiger partial charge on any atom is -0.343 e. The molecule has 2 N–H and O–H groups in total. The van der Waals surface area contributed by atoms with E-state index < -0.39 is 0 Å². The molecule has 1 aliphatic rings. The topological polar surface area (TPSA) is 57.8 Å². The van der Waals surface area contributed by atoms with Gasteiger partial charge in [0.15, 0.2) is 0 Å². The summed E-state index contributed by atoms with van der Waals surface area (Å²) in [5, 5.41) is 9.49.